The minimum absolute atomic E-state index is 0.224. The Morgan fingerprint density at radius 2 is 1.24 bits per heavy atom. The number of hydrogen-bond acceptors (Lipinski definition) is 4. The summed E-state index contributed by atoms with van der Waals surface area (Å²) in [6.07, 6.45) is 2.31. The van der Waals surface area contributed by atoms with E-state index in [4.69, 9.17) is 0 Å². The molecule has 0 saturated heterocycles. The van der Waals surface area contributed by atoms with Gasteiger partial charge in [-0.15, -0.1) is 0 Å². The molecule has 0 aliphatic rings. The predicted octanol–water partition coefficient (Wildman–Crippen LogP) is 4.03. The van der Waals surface area contributed by atoms with Crippen LogP contribution in [0.25, 0.3) is 0 Å². The molecule has 0 heterocycles. The number of carbonyl (C=O) groups is 2. The van der Waals surface area contributed by atoms with Crippen molar-refractivity contribution in [3.63, 3.8) is 0 Å². The highest BCUT2D eigenvalue weighted by atomic mass is 32.2. The molecule has 17 heavy (non-hydrogen) atoms. The van der Waals surface area contributed by atoms with Crippen LogP contribution in [0, 0.1) is 0 Å². The normalized spacial score (nSPS) is 11.5. The minimum Gasteiger partial charge on any atom is -0.288 e. The summed E-state index contributed by atoms with van der Waals surface area (Å²) < 4.78 is 0. The summed E-state index contributed by atoms with van der Waals surface area (Å²) in [4.78, 5) is 21.6. The highest BCUT2D eigenvalue weighted by Crippen LogP contribution is 2.22. The summed E-state index contributed by atoms with van der Waals surface area (Å²) in [7, 11) is -1.10. The van der Waals surface area contributed by atoms with Crippen LogP contribution >= 0.6 is 23.5 Å². The molecule has 0 spiro atoms. The molecule has 0 aliphatic heterocycles. The van der Waals surface area contributed by atoms with E-state index in [0.29, 0.717) is 0 Å². The van der Waals surface area contributed by atoms with Crippen molar-refractivity contribution in [2.75, 3.05) is 11.5 Å². The average Bonchev–Trinajstić information content (AvgIpc) is 2.19. The van der Waals surface area contributed by atoms with Crippen molar-refractivity contribution in [1.82, 2.24) is 0 Å². The Kier molecular flexibility index (Phi) is 9.36. The molecule has 0 N–H and O–H groups in total. The van der Waals surface area contributed by atoms with Gasteiger partial charge in [0.25, 0.3) is 0 Å². The lowest BCUT2D eigenvalue weighted by Gasteiger charge is -2.21. The van der Waals surface area contributed by atoms with Crippen molar-refractivity contribution in [3.05, 3.63) is 0 Å². The Labute approximate surface area is 115 Å². The van der Waals surface area contributed by atoms with E-state index in [1.165, 1.54) is 35.6 Å². The average molecular weight is 293 g/mol. The number of rotatable bonds is 8. The second-order valence-corrected chi connectivity index (χ2v) is 12.9. The van der Waals surface area contributed by atoms with Gasteiger partial charge in [0.15, 0.2) is 10.2 Å². The monoisotopic (exact) mass is 292 g/mol. The zero-order valence-corrected chi connectivity index (χ0v) is 14.0. The molecule has 0 saturated carbocycles. The molecule has 0 bridgehead atoms. The first kappa shape index (κ1) is 17.3. The van der Waals surface area contributed by atoms with E-state index in [-0.39, 0.29) is 10.2 Å². The molecule has 0 radical (unpaired) electrons. The van der Waals surface area contributed by atoms with Gasteiger partial charge in [0, 0.05) is 33.4 Å². The third-order valence-corrected chi connectivity index (χ3v) is 7.82. The van der Waals surface area contributed by atoms with E-state index in [9.17, 15) is 9.59 Å². The SMILES string of the molecule is CC(=O)SCCC[Si](C)(C)CCCSC(C)=O. The summed E-state index contributed by atoms with van der Waals surface area (Å²) >= 11 is 2.88. The summed E-state index contributed by atoms with van der Waals surface area (Å²) in [5.41, 5.74) is 0. The third kappa shape index (κ3) is 12.5. The maximum atomic E-state index is 10.8. The lowest BCUT2D eigenvalue weighted by molar-refractivity contribution is -0.109. The van der Waals surface area contributed by atoms with E-state index >= 15 is 0 Å². The molecule has 0 amide bonds. The molecule has 0 aromatic rings. The van der Waals surface area contributed by atoms with Crippen LogP contribution in [0.5, 0.6) is 0 Å². The quantitative estimate of drug-likeness (QED) is 0.499. The molecule has 0 aliphatic carbocycles. The van der Waals surface area contributed by atoms with Crippen LogP contribution in [0.4, 0.5) is 0 Å². The highest BCUT2D eigenvalue weighted by molar-refractivity contribution is 8.13. The van der Waals surface area contributed by atoms with Gasteiger partial charge >= 0.3 is 0 Å². The summed E-state index contributed by atoms with van der Waals surface area (Å²) in [5.74, 6) is 1.93. The van der Waals surface area contributed by atoms with Crippen molar-refractivity contribution in [3.8, 4) is 0 Å². The summed E-state index contributed by atoms with van der Waals surface area (Å²) in [6.45, 7) is 8.08. The standard InChI is InChI=1S/C12H24O2S2Si/c1-11(13)15-7-5-9-17(3,4)10-6-8-16-12(2)14/h5-10H2,1-4H3. The van der Waals surface area contributed by atoms with Gasteiger partial charge in [-0.1, -0.05) is 48.7 Å². The Morgan fingerprint density at radius 1 is 0.882 bits per heavy atom. The molecule has 0 rings (SSSR count). The van der Waals surface area contributed by atoms with Gasteiger partial charge in [-0.3, -0.25) is 9.59 Å². The lowest BCUT2D eigenvalue weighted by Crippen LogP contribution is -2.25. The van der Waals surface area contributed by atoms with Gasteiger partial charge in [-0.25, -0.2) is 0 Å². The van der Waals surface area contributed by atoms with Crippen molar-refractivity contribution >= 4 is 41.8 Å². The molecular weight excluding hydrogens is 268 g/mol. The van der Waals surface area contributed by atoms with Gasteiger partial charge < -0.3 is 0 Å². The van der Waals surface area contributed by atoms with E-state index < -0.39 is 8.07 Å². The zero-order valence-electron chi connectivity index (χ0n) is 11.4. The minimum atomic E-state index is -1.10. The van der Waals surface area contributed by atoms with Crippen LogP contribution in [-0.2, 0) is 9.59 Å². The maximum Gasteiger partial charge on any atom is 0.185 e. The van der Waals surface area contributed by atoms with Gasteiger partial charge in [0.2, 0.25) is 0 Å². The van der Waals surface area contributed by atoms with Crippen LogP contribution in [0.3, 0.4) is 0 Å². The maximum absolute atomic E-state index is 10.8. The fourth-order valence-electron chi connectivity index (χ4n) is 1.66. The lowest BCUT2D eigenvalue weighted by atomic mass is 10.6. The second kappa shape index (κ2) is 9.22. The molecular formula is C12H24O2S2Si. The number of thioether (sulfide) groups is 2. The Hall–Kier alpha value is 0.257. The molecule has 0 aromatic carbocycles. The molecule has 5 heteroatoms. The fourth-order valence-corrected chi connectivity index (χ4v) is 5.84. The topological polar surface area (TPSA) is 34.1 Å². The van der Waals surface area contributed by atoms with Crippen LogP contribution in [-0.4, -0.2) is 29.8 Å². The number of hydrogen-bond donors (Lipinski definition) is 0. The Balaban J connectivity index is 3.57. The summed E-state index contributed by atoms with van der Waals surface area (Å²) in [6, 6.07) is 2.58. The highest BCUT2D eigenvalue weighted by Gasteiger charge is 2.19. The van der Waals surface area contributed by atoms with Crippen LogP contribution < -0.4 is 0 Å². The predicted molar refractivity (Wildman–Crippen MR) is 82.6 cm³/mol. The van der Waals surface area contributed by atoms with E-state index in [1.807, 2.05) is 0 Å². The Morgan fingerprint density at radius 3 is 1.53 bits per heavy atom. The van der Waals surface area contributed by atoms with E-state index in [1.54, 1.807) is 13.8 Å². The largest absolute Gasteiger partial charge is 0.288 e. The van der Waals surface area contributed by atoms with Gasteiger partial charge in [0.05, 0.1) is 0 Å². The molecule has 0 aromatic heterocycles. The summed E-state index contributed by atoms with van der Waals surface area (Å²) in [5, 5.41) is 0.449. The van der Waals surface area contributed by atoms with Crippen LogP contribution in [0.15, 0.2) is 0 Å². The van der Waals surface area contributed by atoms with Gasteiger partial charge in [0.1, 0.15) is 0 Å². The molecule has 0 fully saturated rings. The van der Waals surface area contributed by atoms with E-state index in [0.717, 1.165) is 24.3 Å². The van der Waals surface area contributed by atoms with Crippen LogP contribution in [0.2, 0.25) is 25.2 Å². The number of carbonyl (C=O) groups excluding carboxylic acids is 2. The van der Waals surface area contributed by atoms with Crippen LogP contribution in [0.1, 0.15) is 26.7 Å². The first-order valence-electron chi connectivity index (χ1n) is 6.10. The van der Waals surface area contributed by atoms with Crippen molar-refractivity contribution < 1.29 is 9.59 Å². The van der Waals surface area contributed by atoms with Crippen molar-refractivity contribution in [2.45, 2.75) is 51.9 Å². The zero-order chi connectivity index (χ0) is 13.3. The molecule has 0 atom stereocenters. The van der Waals surface area contributed by atoms with Crippen molar-refractivity contribution in [2.24, 2.45) is 0 Å². The molecule has 2 nitrogen and oxygen atoms in total. The molecule has 100 valence electrons. The fraction of sp³-hybridized carbons (Fsp3) is 0.833. The first-order chi connectivity index (χ1) is 7.83. The smallest absolute Gasteiger partial charge is 0.185 e. The van der Waals surface area contributed by atoms with Gasteiger partial charge in [-0.05, 0) is 12.8 Å². The third-order valence-electron chi connectivity index (χ3n) is 2.61. The first-order valence-corrected chi connectivity index (χ1v) is 11.5. The Bertz CT molecular complexity index is 231. The second-order valence-electron chi connectivity index (χ2n) is 5.05. The van der Waals surface area contributed by atoms with Crippen molar-refractivity contribution in [1.29, 1.82) is 0 Å². The molecule has 0 unspecified atom stereocenters. The van der Waals surface area contributed by atoms with Gasteiger partial charge in [-0.2, -0.15) is 0 Å². The van der Waals surface area contributed by atoms with E-state index in [2.05, 4.69) is 13.1 Å².